The Balaban J connectivity index is 1.80. The van der Waals surface area contributed by atoms with E-state index in [1.165, 1.54) is 12.1 Å². The zero-order valence-electron chi connectivity index (χ0n) is 14.0. The molecule has 26 heavy (non-hydrogen) atoms. The van der Waals surface area contributed by atoms with Crippen molar-refractivity contribution in [1.82, 2.24) is 0 Å². The molecule has 0 saturated carbocycles. The van der Waals surface area contributed by atoms with Gasteiger partial charge in [-0.05, 0) is 54.7 Å². The van der Waals surface area contributed by atoms with Gasteiger partial charge >= 0.3 is 5.97 Å². The van der Waals surface area contributed by atoms with Crippen molar-refractivity contribution in [2.45, 2.75) is 25.3 Å². The summed E-state index contributed by atoms with van der Waals surface area (Å²) >= 11 is 0. The summed E-state index contributed by atoms with van der Waals surface area (Å²) in [6, 6.07) is 12.5. The average Bonchev–Trinajstić information content (AvgIpc) is 2.62. The van der Waals surface area contributed by atoms with Crippen molar-refractivity contribution < 1.29 is 24.6 Å². The van der Waals surface area contributed by atoms with Crippen molar-refractivity contribution in [1.29, 1.82) is 0 Å². The second-order valence-corrected chi connectivity index (χ2v) is 5.70. The summed E-state index contributed by atoms with van der Waals surface area (Å²) in [7, 11) is 0. The maximum Gasteiger partial charge on any atom is 0.328 e. The number of nitrogens with zero attached hydrogens (tertiary/aromatic N) is 1. The Kier molecular flexibility index (Phi) is 6.92. The number of aromatic hydroxyl groups is 1. The number of hydrogen-bond acceptors (Lipinski definition) is 7. The molecule has 0 saturated heterocycles. The number of benzene rings is 2. The molecule has 138 valence electrons. The Morgan fingerprint density at radius 2 is 1.73 bits per heavy atom. The number of carbonyl (C=O) groups is 1. The lowest BCUT2D eigenvalue weighted by atomic mass is 10.1. The lowest BCUT2D eigenvalue weighted by Crippen LogP contribution is -2.36. The first-order valence-electron chi connectivity index (χ1n) is 8.05. The number of aryl methyl sites for hydroxylation is 1. The zero-order chi connectivity index (χ0) is 18.9. The van der Waals surface area contributed by atoms with Gasteiger partial charge in [0, 0.05) is 0 Å². The van der Waals surface area contributed by atoms with Gasteiger partial charge in [-0.15, -0.1) is 10.1 Å². The molecular formula is C18H20N2O6. The van der Waals surface area contributed by atoms with E-state index in [-0.39, 0.29) is 12.4 Å². The Morgan fingerprint density at radius 3 is 2.35 bits per heavy atom. The summed E-state index contributed by atoms with van der Waals surface area (Å²) in [5.74, 6) is -0.0263. The van der Waals surface area contributed by atoms with Crippen LogP contribution in [0.5, 0.6) is 11.5 Å². The smallest absolute Gasteiger partial charge is 0.328 e. The van der Waals surface area contributed by atoms with E-state index < -0.39 is 17.1 Å². The van der Waals surface area contributed by atoms with Gasteiger partial charge < -0.3 is 20.4 Å². The molecule has 8 nitrogen and oxygen atoms in total. The Hall–Kier alpha value is -3.13. The topological polar surface area (TPSA) is 125 Å². The van der Waals surface area contributed by atoms with Crippen LogP contribution in [0.15, 0.2) is 48.5 Å². The van der Waals surface area contributed by atoms with Crippen LogP contribution in [0.1, 0.15) is 17.5 Å². The molecule has 3 N–H and O–H groups in total. The van der Waals surface area contributed by atoms with Crippen LogP contribution in [-0.4, -0.2) is 28.8 Å². The fourth-order valence-corrected chi connectivity index (χ4v) is 2.30. The molecule has 0 amide bonds. The highest BCUT2D eigenvalue weighted by molar-refractivity contribution is 5.78. The second-order valence-electron chi connectivity index (χ2n) is 5.70. The molecule has 2 aromatic rings. The minimum Gasteiger partial charge on any atom is -0.508 e. The second kappa shape index (κ2) is 9.38. The number of phenols is 1. The van der Waals surface area contributed by atoms with E-state index in [0.29, 0.717) is 25.0 Å². The molecule has 0 heterocycles. The van der Waals surface area contributed by atoms with Crippen molar-refractivity contribution in [2.24, 2.45) is 5.73 Å². The number of nitrogens with two attached hydrogens (primary N) is 1. The molecule has 2 rings (SSSR count). The standard InChI is InChI=1S/C18H20N2O6/c19-17(12-14-3-7-15(21)8-4-14)18(22)26-16-9-5-13(6-10-16)2-1-11-25-20(23)24/h3-10,17,21H,1-2,11-12,19H2. The first kappa shape index (κ1) is 19.2. The predicted octanol–water partition coefficient (Wildman–Crippen LogP) is 2.01. The Bertz CT molecular complexity index is 730. The van der Waals surface area contributed by atoms with Gasteiger partial charge in [0.25, 0.3) is 5.09 Å². The van der Waals surface area contributed by atoms with E-state index in [2.05, 4.69) is 4.84 Å². The number of phenolic OH excluding ortho intramolecular Hbond substituents is 1. The average molecular weight is 360 g/mol. The highest BCUT2D eigenvalue weighted by Gasteiger charge is 2.16. The van der Waals surface area contributed by atoms with E-state index >= 15 is 0 Å². The van der Waals surface area contributed by atoms with E-state index in [4.69, 9.17) is 10.5 Å². The summed E-state index contributed by atoms with van der Waals surface area (Å²) < 4.78 is 5.26. The number of rotatable bonds is 9. The SMILES string of the molecule is NC(Cc1ccc(O)cc1)C(=O)Oc1ccc(CCCO[N+](=O)[O-])cc1. The molecule has 2 aromatic carbocycles. The summed E-state index contributed by atoms with van der Waals surface area (Å²) in [4.78, 5) is 26.4. The first-order valence-corrected chi connectivity index (χ1v) is 8.05. The van der Waals surface area contributed by atoms with Gasteiger partial charge in [0.1, 0.15) is 17.5 Å². The van der Waals surface area contributed by atoms with Crippen LogP contribution in [0.4, 0.5) is 0 Å². The third-order valence-corrected chi connectivity index (χ3v) is 3.64. The van der Waals surface area contributed by atoms with Crippen LogP contribution >= 0.6 is 0 Å². The maximum absolute atomic E-state index is 12.1. The summed E-state index contributed by atoms with van der Waals surface area (Å²) in [6.45, 7) is 0.0376. The molecular weight excluding hydrogens is 340 g/mol. The van der Waals surface area contributed by atoms with Gasteiger partial charge in [-0.3, -0.25) is 0 Å². The third-order valence-electron chi connectivity index (χ3n) is 3.64. The molecule has 1 atom stereocenters. The van der Waals surface area contributed by atoms with Crippen molar-refractivity contribution in [3.63, 3.8) is 0 Å². The predicted molar refractivity (Wildman–Crippen MR) is 93.1 cm³/mol. The van der Waals surface area contributed by atoms with Gasteiger partial charge in [0.15, 0.2) is 0 Å². The van der Waals surface area contributed by atoms with Crippen molar-refractivity contribution in [3.05, 3.63) is 69.8 Å². The molecule has 0 bridgehead atoms. The molecule has 0 aromatic heterocycles. The van der Waals surface area contributed by atoms with Crippen LogP contribution in [0, 0.1) is 10.1 Å². The van der Waals surface area contributed by atoms with Gasteiger partial charge in [-0.2, -0.15) is 0 Å². The van der Waals surface area contributed by atoms with Crippen LogP contribution in [-0.2, 0) is 22.5 Å². The normalized spacial score (nSPS) is 11.6. The zero-order valence-corrected chi connectivity index (χ0v) is 14.0. The van der Waals surface area contributed by atoms with Gasteiger partial charge in [-0.1, -0.05) is 24.3 Å². The fraction of sp³-hybridized carbons (Fsp3) is 0.278. The van der Waals surface area contributed by atoms with Crippen molar-refractivity contribution in [3.8, 4) is 11.5 Å². The van der Waals surface area contributed by atoms with E-state index in [1.54, 1.807) is 36.4 Å². The molecule has 0 aliphatic carbocycles. The first-order chi connectivity index (χ1) is 12.4. The Morgan fingerprint density at radius 1 is 1.12 bits per heavy atom. The lowest BCUT2D eigenvalue weighted by Gasteiger charge is -2.12. The largest absolute Gasteiger partial charge is 0.508 e. The van der Waals surface area contributed by atoms with Crippen molar-refractivity contribution in [2.75, 3.05) is 6.61 Å². The van der Waals surface area contributed by atoms with Crippen LogP contribution in [0.2, 0.25) is 0 Å². The minimum atomic E-state index is -0.821. The maximum atomic E-state index is 12.1. The van der Waals surface area contributed by atoms with Crippen LogP contribution in [0.25, 0.3) is 0 Å². The third kappa shape index (κ3) is 6.40. The van der Waals surface area contributed by atoms with Gasteiger partial charge in [-0.25, -0.2) is 4.79 Å². The van der Waals surface area contributed by atoms with Crippen LogP contribution in [0.3, 0.4) is 0 Å². The molecule has 0 spiro atoms. The van der Waals surface area contributed by atoms with E-state index in [9.17, 15) is 20.0 Å². The number of esters is 1. The number of ether oxygens (including phenoxy) is 1. The van der Waals surface area contributed by atoms with E-state index in [1.807, 2.05) is 0 Å². The summed E-state index contributed by atoms with van der Waals surface area (Å²) in [5.41, 5.74) is 7.63. The minimum absolute atomic E-state index is 0.0376. The van der Waals surface area contributed by atoms with E-state index in [0.717, 1.165) is 11.1 Å². The number of carbonyl (C=O) groups excluding carboxylic acids is 1. The monoisotopic (exact) mass is 360 g/mol. The lowest BCUT2D eigenvalue weighted by molar-refractivity contribution is -0.757. The molecule has 0 fully saturated rings. The van der Waals surface area contributed by atoms with Gasteiger partial charge in [0.2, 0.25) is 0 Å². The molecule has 0 radical (unpaired) electrons. The van der Waals surface area contributed by atoms with Gasteiger partial charge in [0.05, 0.1) is 6.61 Å². The summed E-state index contributed by atoms with van der Waals surface area (Å²) in [6.07, 6.45) is 1.42. The molecule has 8 heteroatoms. The highest BCUT2D eigenvalue weighted by Crippen LogP contribution is 2.15. The number of hydrogen-bond donors (Lipinski definition) is 2. The molecule has 0 aliphatic heterocycles. The fourth-order valence-electron chi connectivity index (χ4n) is 2.30. The Labute approximate surface area is 150 Å². The summed E-state index contributed by atoms with van der Waals surface area (Å²) in [5, 5.41) is 18.5. The van der Waals surface area contributed by atoms with Crippen molar-refractivity contribution >= 4 is 5.97 Å². The van der Waals surface area contributed by atoms with Crippen LogP contribution < -0.4 is 10.5 Å². The highest BCUT2D eigenvalue weighted by atomic mass is 16.9. The molecule has 0 aliphatic rings. The quantitative estimate of drug-likeness (QED) is 0.230. The molecule has 1 unspecified atom stereocenters.